The van der Waals surface area contributed by atoms with Gasteiger partial charge >= 0.3 is 0 Å². The number of hydrogen-bond acceptors (Lipinski definition) is 5. The molecule has 1 aromatic heterocycles. The Bertz CT molecular complexity index is 496. The van der Waals surface area contributed by atoms with Crippen LogP contribution in [0.1, 0.15) is 25.1 Å². The van der Waals surface area contributed by atoms with Gasteiger partial charge in [-0.3, -0.25) is 4.79 Å². The third kappa shape index (κ3) is 3.96. The van der Waals surface area contributed by atoms with Crippen molar-refractivity contribution < 1.29 is 18.8 Å². The highest BCUT2D eigenvalue weighted by atomic mass is 35.5. The maximum atomic E-state index is 12.5. The Kier molecular flexibility index (Phi) is 4.91. The Labute approximate surface area is 129 Å². The van der Waals surface area contributed by atoms with E-state index in [0.29, 0.717) is 31.0 Å². The second-order valence-electron chi connectivity index (χ2n) is 5.93. The fourth-order valence-electron chi connectivity index (χ4n) is 2.58. The Hall–Kier alpha value is -1.11. The molecule has 0 saturated carbocycles. The summed E-state index contributed by atoms with van der Waals surface area (Å²) in [5, 5.41) is 3.95. The summed E-state index contributed by atoms with van der Waals surface area (Å²) in [5.74, 6) is -0.0133. The molecular weight excluding hydrogens is 296 g/mol. The number of nitrogens with zero attached hydrogens (tertiary/aromatic N) is 2. The number of aromatic nitrogens is 1. The van der Waals surface area contributed by atoms with Crippen molar-refractivity contribution >= 4 is 17.5 Å². The topological polar surface area (TPSA) is 64.8 Å². The van der Waals surface area contributed by atoms with Crippen molar-refractivity contribution in [1.82, 2.24) is 10.1 Å². The molecule has 6 nitrogen and oxygen atoms in total. The van der Waals surface area contributed by atoms with E-state index in [1.54, 1.807) is 18.9 Å². The van der Waals surface area contributed by atoms with Gasteiger partial charge in [0.25, 0.3) is 0 Å². The van der Waals surface area contributed by atoms with E-state index in [1.165, 1.54) is 0 Å². The summed E-state index contributed by atoms with van der Waals surface area (Å²) in [5.41, 5.74) is 0.897. The second-order valence-corrected chi connectivity index (χ2v) is 6.27. The highest BCUT2D eigenvalue weighted by molar-refractivity contribution is 6.29. The van der Waals surface area contributed by atoms with Gasteiger partial charge in [-0.05, 0) is 32.4 Å². The molecular formula is C14H21ClN2O4. The van der Waals surface area contributed by atoms with Crippen molar-refractivity contribution in [2.24, 2.45) is 0 Å². The Balaban J connectivity index is 2.07. The summed E-state index contributed by atoms with van der Waals surface area (Å²) in [6.45, 7) is 7.21. The number of morpholine rings is 1. The van der Waals surface area contributed by atoms with Crippen LogP contribution in [0.4, 0.5) is 0 Å². The maximum Gasteiger partial charge on any atom is 0.229 e. The van der Waals surface area contributed by atoms with Gasteiger partial charge in [0.2, 0.25) is 11.1 Å². The molecule has 1 saturated heterocycles. The minimum absolute atomic E-state index is 0.0133. The molecule has 118 valence electrons. The first kappa shape index (κ1) is 16.3. The van der Waals surface area contributed by atoms with Crippen molar-refractivity contribution in [3.63, 3.8) is 0 Å². The van der Waals surface area contributed by atoms with E-state index in [-0.39, 0.29) is 23.7 Å². The summed E-state index contributed by atoms with van der Waals surface area (Å²) in [7, 11) is 1.62. The van der Waals surface area contributed by atoms with Crippen LogP contribution < -0.4 is 0 Å². The number of aryl methyl sites for hydroxylation is 1. The Morgan fingerprint density at radius 2 is 2.29 bits per heavy atom. The van der Waals surface area contributed by atoms with E-state index < -0.39 is 5.60 Å². The minimum Gasteiger partial charge on any atom is -0.382 e. The molecule has 0 aliphatic carbocycles. The van der Waals surface area contributed by atoms with Crippen molar-refractivity contribution in [1.29, 1.82) is 0 Å². The largest absolute Gasteiger partial charge is 0.382 e. The van der Waals surface area contributed by atoms with Crippen LogP contribution >= 0.6 is 11.6 Å². The highest BCUT2D eigenvalue weighted by Crippen LogP contribution is 2.24. The molecule has 0 N–H and O–H groups in total. The molecule has 2 rings (SSSR count). The van der Waals surface area contributed by atoms with Gasteiger partial charge in [0.05, 0.1) is 30.4 Å². The van der Waals surface area contributed by atoms with Crippen LogP contribution in [0, 0.1) is 6.92 Å². The average molecular weight is 317 g/mol. The van der Waals surface area contributed by atoms with Gasteiger partial charge in [-0.25, -0.2) is 0 Å². The van der Waals surface area contributed by atoms with Crippen LogP contribution in [-0.2, 0) is 20.7 Å². The van der Waals surface area contributed by atoms with Crippen molar-refractivity contribution in [3.05, 3.63) is 16.5 Å². The molecule has 1 amide bonds. The molecule has 1 atom stereocenters. The lowest BCUT2D eigenvalue weighted by molar-refractivity contribution is -0.168. The third-order valence-corrected chi connectivity index (χ3v) is 3.75. The molecule has 0 aromatic carbocycles. The molecule has 1 fully saturated rings. The molecule has 2 heterocycles. The number of ether oxygens (including phenoxy) is 2. The summed E-state index contributed by atoms with van der Waals surface area (Å²) in [4.78, 5) is 14.3. The third-order valence-electron chi connectivity index (χ3n) is 3.45. The normalized spacial score (nSPS) is 21.6. The van der Waals surface area contributed by atoms with Crippen LogP contribution in [0.15, 0.2) is 4.52 Å². The highest BCUT2D eigenvalue weighted by Gasteiger charge is 2.35. The second kappa shape index (κ2) is 6.34. The average Bonchev–Trinajstić information content (AvgIpc) is 2.69. The number of halogens is 1. The number of amides is 1. The van der Waals surface area contributed by atoms with E-state index in [4.69, 9.17) is 25.6 Å². The zero-order valence-electron chi connectivity index (χ0n) is 12.8. The molecule has 1 aromatic rings. The lowest BCUT2D eigenvalue weighted by Crippen LogP contribution is -2.56. The molecule has 7 heteroatoms. The summed E-state index contributed by atoms with van der Waals surface area (Å²) < 4.78 is 15.9. The quantitative estimate of drug-likeness (QED) is 0.848. The molecule has 1 aliphatic rings. The molecule has 0 bridgehead atoms. The summed E-state index contributed by atoms with van der Waals surface area (Å²) in [6.07, 6.45) is 0.0611. The number of hydrogen-bond donors (Lipinski definition) is 0. The van der Waals surface area contributed by atoms with Gasteiger partial charge in [0.1, 0.15) is 0 Å². The standard InChI is InChI=1S/C14H21ClN2O4/c1-9-11(13(15)21-16-9)5-12(18)17-6-10(7-19-4)20-14(2,3)8-17/h10H,5-8H2,1-4H3. The van der Waals surface area contributed by atoms with Crippen LogP contribution in [0.5, 0.6) is 0 Å². The summed E-state index contributed by atoms with van der Waals surface area (Å²) in [6, 6.07) is 0. The predicted molar refractivity (Wildman–Crippen MR) is 77.4 cm³/mol. The number of carbonyl (C=O) groups excluding carboxylic acids is 1. The first-order chi connectivity index (χ1) is 9.82. The Morgan fingerprint density at radius 1 is 1.57 bits per heavy atom. The first-order valence-electron chi connectivity index (χ1n) is 6.87. The smallest absolute Gasteiger partial charge is 0.229 e. The number of methoxy groups -OCH3 is 1. The van der Waals surface area contributed by atoms with E-state index in [0.717, 1.165) is 0 Å². The van der Waals surface area contributed by atoms with E-state index in [9.17, 15) is 4.79 Å². The van der Waals surface area contributed by atoms with Crippen molar-refractivity contribution in [2.45, 2.75) is 38.9 Å². The maximum absolute atomic E-state index is 12.5. The molecule has 21 heavy (non-hydrogen) atoms. The molecule has 1 unspecified atom stereocenters. The van der Waals surface area contributed by atoms with Gasteiger partial charge in [-0.15, -0.1) is 0 Å². The van der Waals surface area contributed by atoms with Crippen LogP contribution in [0.25, 0.3) is 0 Å². The summed E-state index contributed by atoms with van der Waals surface area (Å²) >= 11 is 5.92. The monoisotopic (exact) mass is 316 g/mol. The predicted octanol–water partition coefficient (Wildman–Crippen LogP) is 1.83. The number of carbonyl (C=O) groups is 1. The minimum atomic E-state index is -0.398. The molecule has 0 radical (unpaired) electrons. The Morgan fingerprint density at radius 3 is 2.86 bits per heavy atom. The fourth-order valence-corrected chi connectivity index (χ4v) is 2.82. The molecule has 1 aliphatic heterocycles. The van der Waals surface area contributed by atoms with Gasteiger partial charge in [0.15, 0.2) is 0 Å². The van der Waals surface area contributed by atoms with E-state index in [2.05, 4.69) is 5.16 Å². The zero-order valence-corrected chi connectivity index (χ0v) is 13.6. The van der Waals surface area contributed by atoms with E-state index in [1.807, 2.05) is 13.8 Å². The van der Waals surface area contributed by atoms with Gasteiger partial charge in [-0.1, -0.05) is 5.16 Å². The lowest BCUT2D eigenvalue weighted by atomic mass is 10.0. The fraction of sp³-hybridized carbons (Fsp3) is 0.714. The molecule has 0 spiro atoms. The lowest BCUT2D eigenvalue weighted by Gasteiger charge is -2.42. The number of rotatable bonds is 4. The first-order valence-corrected chi connectivity index (χ1v) is 7.25. The van der Waals surface area contributed by atoms with Crippen LogP contribution in [0.2, 0.25) is 5.22 Å². The SMILES string of the molecule is COCC1CN(C(=O)Cc2c(C)noc2Cl)CC(C)(C)O1. The zero-order chi connectivity index (χ0) is 15.6. The van der Waals surface area contributed by atoms with E-state index >= 15 is 0 Å². The van der Waals surface area contributed by atoms with Gasteiger partial charge in [0, 0.05) is 25.8 Å². The van der Waals surface area contributed by atoms with Gasteiger partial charge in [-0.2, -0.15) is 0 Å². The van der Waals surface area contributed by atoms with Crippen molar-refractivity contribution in [3.8, 4) is 0 Å². The van der Waals surface area contributed by atoms with Crippen LogP contribution in [-0.4, -0.2) is 54.5 Å². The van der Waals surface area contributed by atoms with Crippen molar-refractivity contribution in [2.75, 3.05) is 26.8 Å². The van der Waals surface area contributed by atoms with Crippen LogP contribution in [0.3, 0.4) is 0 Å². The van der Waals surface area contributed by atoms with Gasteiger partial charge < -0.3 is 18.9 Å².